The second-order valence-electron chi connectivity index (χ2n) is 4.56. The lowest BCUT2D eigenvalue weighted by Gasteiger charge is -2.24. The summed E-state index contributed by atoms with van der Waals surface area (Å²) in [5.41, 5.74) is 5.48. The number of carbonyl (C=O) groups excluding carboxylic acids is 1. The zero-order valence-corrected chi connectivity index (χ0v) is 9.82. The van der Waals surface area contributed by atoms with Gasteiger partial charge in [0.2, 0.25) is 5.91 Å². The molecule has 0 bridgehead atoms. The fourth-order valence-corrected chi connectivity index (χ4v) is 2.60. The van der Waals surface area contributed by atoms with Crippen molar-refractivity contribution in [2.45, 2.75) is 43.9 Å². The molecule has 1 saturated heterocycles. The first kappa shape index (κ1) is 11.9. The molecule has 1 aliphatic rings. The van der Waals surface area contributed by atoms with Crippen LogP contribution in [0.2, 0.25) is 0 Å². The maximum absolute atomic E-state index is 11.7. The highest BCUT2D eigenvalue weighted by Crippen LogP contribution is 2.24. The third kappa shape index (κ3) is 4.33. The minimum atomic E-state index is -0.311. The number of nitrogens with one attached hydrogen (secondary N) is 1. The Balaban J connectivity index is 2.27. The van der Waals surface area contributed by atoms with Crippen molar-refractivity contribution in [3.05, 3.63) is 0 Å². The predicted octanol–water partition coefficient (Wildman–Crippen LogP) is 1.13. The van der Waals surface area contributed by atoms with Gasteiger partial charge in [0.15, 0.2) is 0 Å². The first-order valence-electron chi connectivity index (χ1n) is 5.17. The molecule has 0 radical (unpaired) electrons. The first-order valence-corrected chi connectivity index (χ1v) is 6.22. The van der Waals surface area contributed by atoms with Crippen molar-refractivity contribution in [3.63, 3.8) is 0 Å². The van der Waals surface area contributed by atoms with Gasteiger partial charge in [0.05, 0.1) is 5.25 Å². The molecule has 0 spiro atoms. The summed E-state index contributed by atoms with van der Waals surface area (Å²) in [4.78, 5) is 11.7. The van der Waals surface area contributed by atoms with E-state index in [0.717, 1.165) is 12.2 Å². The van der Waals surface area contributed by atoms with Crippen molar-refractivity contribution in [3.8, 4) is 0 Å². The number of amides is 1. The lowest BCUT2D eigenvalue weighted by Crippen LogP contribution is -2.47. The summed E-state index contributed by atoms with van der Waals surface area (Å²) in [7, 11) is 0. The Morgan fingerprint density at radius 1 is 1.57 bits per heavy atom. The maximum Gasteiger partial charge on any atom is 0.233 e. The van der Waals surface area contributed by atoms with E-state index >= 15 is 0 Å². The van der Waals surface area contributed by atoms with Gasteiger partial charge in [-0.2, -0.15) is 0 Å². The molecule has 1 unspecified atom stereocenters. The molecule has 0 aromatic rings. The molecule has 1 rings (SSSR count). The number of hydrogen-bond donors (Lipinski definition) is 2. The van der Waals surface area contributed by atoms with Crippen LogP contribution in [0.1, 0.15) is 33.1 Å². The van der Waals surface area contributed by atoms with Crippen molar-refractivity contribution in [1.29, 1.82) is 0 Å². The van der Waals surface area contributed by atoms with E-state index in [2.05, 4.69) is 5.32 Å². The Morgan fingerprint density at radius 3 is 2.79 bits per heavy atom. The number of hydrogen-bond acceptors (Lipinski definition) is 3. The molecule has 0 aromatic carbocycles. The van der Waals surface area contributed by atoms with Crippen LogP contribution in [0.5, 0.6) is 0 Å². The Labute approximate surface area is 90.2 Å². The van der Waals surface area contributed by atoms with E-state index in [1.165, 1.54) is 12.8 Å². The van der Waals surface area contributed by atoms with Crippen molar-refractivity contribution < 1.29 is 4.79 Å². The summed E-state index contributed by atoms with van der Waals surface area (Å²) in [5, 5.41) is 3.07. The molecule has 0 aliphatic carbocycles. The van der Waals surface area contributed by atoms with Crippen LogP contribution < -0.4 is 11.1 Å². The minimum Gasteiger partial charge on any atom is -0.353 e. The predicted molar refractivity (Wildman–Crippen MR) is 61.4 cm³/mol. The molecule has 1 aliphatic heterocycles. The summed E-state index contributed by atoms with van der Waals surface area (Å²) in [5.74, 6) is 1.28. The minimum absolute atomic E-state index is 0.158. The summed E-state index contributed by atoms with van der Waals surface area (Å²) in [6.45, 7) is 4.39. The molecular weight excluding hydrogens is 196 g/mol. The van der Waals surface area contributed by atoms with E-state index in [1.54, 1.807) is 11.8 Å². The van der Waals surface area contributed by atoms with Crippen molar-refractivity contribution in [1.82, 2.24) is 5.32 Å². The lowest BCUT2D eigenvalue weighted by atomic mass is 10.1. The molecule has 1 heterocycles. The Hall–Kier alpha value is -0.220. The molecule has 3 nitrogen and oxygen atoms in total. The monoisotopic (exact) mass is 216 g/mol. The van der Waals surface area contributed by atoms with Gasteiger partial charge in [-0.25, -0.2) is 0 Å². The highest BCUT2D eigenvalue weighted by Gasteiger charge is 2.22. The number of rotatable bonds is 3. The highest BCUT2D eigenvalue weighted by molar-refractivity contribution is 8.00. The fourth-order valence-electron chi connectivity index (χ4n) is 1.38. The molecular formula is C10H20N2OS. The highest BCUT2D eigenvalue weighted by atomic mass is 32.2. The van der Waals surface area contributed by atoms with Crippen LogP contribution in [0, 0.1) is 0 Å². The Morgan fingerprint density at radius 2 is 2.29 bits per heavy atom. The molecule has 14 heavy (non-hydrogen) atoms. The molecule has 3 N–H and O–H groups in total. The fraction of sp³-hybridized carbons (Fsp3) is 0.900. The Kier molecular flexibility index (Phi) is 4.26. The van der Waals surface area contributed by atoms with Crippen molar-refractivity contribution >= 4 is 17.7 Å². The van der Waals surface area contributed by atoms with E-state index in [-0.39, 0.29) is 16.7 Å². The molecule has 4 heteroatoms. The van der Waals surface area contributed by atoms with Gasteiger partial charge in [-0.1, -0.05) is 6.42 Å². The van der Waals surface area contributed by atoms with Gasteiger partial charge in [-0.3, -0.25) is 4.79 Å². The molecule has 1 amide bonds. The molecule has 0 aromatic heterocycles. The summed E-state index contributed by atoms with van der Waals surface area (Å²) in [6, 6.07) is 0. The number of nitrogens with two attached hydrogens (primary N) is 1. The van der Waals surface area contributed by atoms with Gasteiger partial charge in [-0.15, -0.1) is 11.8 Å². The molecule has 1 atom stereocenters. The third-order valence-corrected chi connectivity index (χ3v) is 3.57. The van der Waals surface area contributed by atoms with Crippen LogP contribution in [0.15, 0.2) is 0 Å². The summed E-state index contributed by atoms with van der Waals surface area (Å²) >= 11 is 1.77. The first-order chi connectivity index (χ1) is 6.49. The van der Waals surface area contributed by atoms with Gasteiger partial charge in [-0.05, 0) is 32.4 Å². The van der Waals surface area contributed by atoms with Crippen molar-refractivity contribution in [2.24, 2.45) is 5.73 Å². The topological polar surface area (TPSA) is 55.1 Å². The van der Waals surface area contributed by atoms with Crippen LogP contribution in [0.25, 0.3) is 0 Å². The number of carbonyl (C=O) groups is 1. The second kappa shape index (κ2) is 5.03. The van der Waals surface area contributed by atoms with Crippen LogP contribution >= 0.6 is 11.8 Å². The van der Waals surface area contributed by atoms with Gasteiger partial charge in [0.1, 0.15) is 0 Å². The average molecular weight is 216 g/mol. The third-order valence-electron chi connectivity index (χ3n) is 2.19. The summed E-state index contributed by atoms with van der Waals surface area (Å²) in [6.07, 6.45) is 3.44. The van der Waals surface area contributed by atoms with Crippen molar-refractivity contribution in [2.75, 3.05) is 12.3 Å². The standard InChI is InChI=1S/C10H20N2OS/c1-10(2,11)7-12-9(13)8-5-3-4-6-14-8/h8H,3-7,11H2,1-2H3,(H,12,13). The van der Waals surface area contributed by atoms with Gasteiger partial charge in [0.25, 0.3) is 0 Å². The van der Waals surface area contributed by atoms with Crippen LogP contribution in [0.3, 0.4) is 0 Å². The van der Waals surface area contributed by atoms with Crippen LogP contribution in [-0.4, -0.2) is 29.0 Å². The Bertz CT molecular complexity index is 195. The van der Waals surface area contributed by atoms with E-state index in [0.29, 0.717) is 6.54 Å². The molecule has 1 fully saturated rings. The molecule has 82 valence electrons. The van der Waals surface area contributed by atoms with E-state index < -0.39 is 0 Å². The lowest BCUT2D eigenvalue weighted by molar-refractivity contribution is -0.120. The van der Waals surface area contributed by atoms with E-state index in [4.69, 9.17) is 5.73 Å². The SMILES string of the molecule is CC(C)(N)CNC(=O)C1CCCCS1. The second-order valence-corrected chi connectivity index (χ2v) is 5.87. The quantitative estimate of drug-likeness (QED) is 0.743. The maximum atomic E-state index is 11.7. The molecule has 0 saturated carbocycles. The van der Waals surface area contributed by atoms with Crippen LogP contribution in [-0.2, 0) is 4.79 Å². The van der Waals surface area contributed by atoms with Gasteiger partial charge >= 0.3 is 0 Å². The van der Waals surface area contributed by atoms with Gasteiger partial charge in [0, 0.05) is 12.1 Å². The van der Waals surface area contributed by atoms with E-state index in [1.807, 2.05) is 13.8 Å². The number of thioether (sulfide) groups is 1. The smallest absolute Gasteiger partial charge is 0.233 e. The average Bonchev–Trinajstić information content (AvgIpc) is 2.14. The normalized spacial score (nSPS) is 23.2. The van der Waals surface area contributed by atoms with Gasteiger partial charge < -0.3 is 11.1 Å². The zero-order valence-electron chi connectivity index (χ0n) is 9.01. The summed E-state index contributed by atoms with van der Waals surface area (Å²) < 4.78 is 0. The zero-order chi connectivity index (χ0) is 10.6. The largest absolute Gasteiger partial charge is 0.353 e. The van der Waals surface area contributed by atoms with E-state index in [9.17, 15) is 4.79 Å². The van der Waals surface area contributed by atoms with Crippen LogP contribution in [0.4, 0.5) is 0 Å².